The Morgan fingerprint density at radius 2 is 0.868 bits per heavy atom. The van der Waals surface area contributed by atoms with Crippen LogP contribution in [0.2, 0.25) is 0 Å². The highest BCUT2D eigenvalue weighted by molar-refractivity contribution is 5.95. The molecule has 0 N–H and O–H groups in total. The molecule has 0 atom stereocenters. The van der Waals surface area contributed by atoms with E-state index in [1.54, 1.807) is 0 Å². The summed E-state index contributed by atoms with van der Waals surface area (Å²) in [4.78, 5) is 2.49. The lowest BCUT2D eigenvalue weighted by Crippen LogP contribution is -2.28. The van der Waals surface area contributed by atoms with Crippen LogP contribution in [0, 0.1) is 0 Å². The van der Waals surface area contributed by atoms with Crippen LogP contribution in [0.1, 0.15) is 47.2 Å². The first-order chi connectivity index (χ1) is 26.1. The molecule has 0 heterocycles. The highest BCUT2D eigenvalue weighted by Gasteiger charge is 2.46. The van der Waals surface area contributed by atoms with Crippen molar-refractivity contribution in [2.75, 3.05) is 4.90 Å². The Morgan fingerprint density at radius 1 is 0.358 bits per heavy atom. The van der Waals surface area contributed by atoms with Crippen molar-refractivity contribution in [1.29, 1.82) is 0 Å². The van der Waals surface area contributed by atoms with Crippen molar-refractivity contribution in [2.24, 2.45) is 0 Å². The maximum absolute atomic E-state index is 2.49. The lowest BCUT2D eigenvalue weighted by atomic mass is 9.67. The number of nitrogens with zero attached hydrogens (tertiary/aromatic N) is 1. The van der Waals surface area contributed by atoms with Gasteiger partial charge in [0.1, 0.15) is 0 Å². The quantitative estimate of drug-likeness (QED) is 0.169. The second-order valence-electron chi connectivity index (χ2n) is 14.9. The van der Waals surface area contributed by atoms with Crippen molar-refractivity contribution in [1.82, 2.24) is 0 Å². The van der Waals surface area contributed by atoms with Crippen LogP contribution in [0.25, 0.3) is 33.4 Å². The summed E-state index contributed by atoms with van der Waals surface area (Å²) >= 11 is 0. The Labute approximate surface area is 312 Å². The van der Waals surface area contributed by atoms with Gasteiger partial charge in [-0.25, -0.2) is 0 Å². The van der Waals surface area contributed by atoms with Crippen LogP contribution in [0.4, 0.5) is 17.1 Å². The maximum atomic E-state index is 2.49. The van der Waals surface area contributed by atoms with Crippen molar-refractivity contribution in [3.05, 3.63) is 234 Å². The Kier molecular flexibility index (Phi) is 7.13. The van der Waals surface area contributed by atoms with E-state index in [0.717, 1.165) is 11.4 Å². The summed E-state index contributed by atoms with van der Waals surface area (Å²) in [6.45, 7) is 4.72. The maximum Gasteiger partial charge on any atom is 0.0714 e. The Hall–Kier alpha value is -6.44. The third kappa shape index (κ3) is 4.64. The fourth-order valence-electron chi connectivity index (χ4n) is 9.37. The van der Waals surface area contributed by atoms with Gasteiger partial charge in [-0.1, -0.05) is 184 Å². The minimum absolute atomic E-state index is 0.110. The molecular weight excluding hydrogens is 639 g/mol. The molecule has 8 aromatic carbocycles. The van der Waals surface area contributed by atoms with Crippen LogP contribution in [0.5, 0.6) is 0 Å². The van der Waals surface area contributed by atoms with Crippen molar-refractivity contribution >= 4 is 17.1 Å². The van der Waals surface area contributed by atoms with E-state index in [9.17, 15) is 0 Å². The first kappa shape index (κ1) is 31.3. The van der Waals surface area contributed by atoms with Gasteiger partial charge in [0.2, 0.25) is 0 Å². The molecule has 0 radical (unpaired) electrons. The number of benzene rings is 8. The van der Waals surface area contributed by atoms with E-state index in [4.69, 9.17) is 0 Å². The third-order valence-corrected chi connectivity index (χ3v) is 11.8. The van der Waals surface area contributed by atoms with Gasteiger partial charge in [0.15, 0.2) is 0 Å². The molecule has 53 heavy (non-hydrogen) atoms. The second-order valence-corrected chi connectivity index (χ2v) is 14.9. The first-order valence-electron chi connectivity index (χ1n) is 18.6. The largest absolute Gasteiger partial charge is 0.310 e. The predicted molar refractivity (Wildman–Crippen MR) is 221 cm³/mol. The average molecular weight is 678 g/mol. The number of anilines is 3. The number of rotatable bonds is 6. The molecular formula is C52H39N. The summed E-state index contributed by atoms with van der Waals surface area (Å²) in [5, 5.41) is 0. The fourth-order valence-corrected chi connectivity index (χ4v) is 9.37. The number of fused-ring (bicyclic) bond motifs is 6. The van der Waals surface area contributed by atoms with E-state index in [-0.39, 0.29) is 5.41 Å². The van der Waals surface area contributed by atoms with Crippen LogP contribution in [0.3, 0.4) is 0 Å². The van der Waals surface area contributed by atoms with E-state index in [1.807, 2.05) is 0 Å². The van der Waals surface area contributed by atoms with Gasteiger partial charge in [-0.15, -0.1) is 0 Å². The number of hydrogen-bond donors (Lipinski definition) is 0. The molecule has 8 aromatic rings. The van der Waals surface area contributed by atoms with Crippen LogP contribution in [-0.4, -0.2) is 0 Å². The van der Waals surface area contributed by atoms with Crippen molar-refractivity contribution < 1.29 is 0 Å². The van der Waals surface area contributed by atoms with Crippen LogP contribution < -0.4 is 4.90 Å². The molecule has 0 unspecified atom stereocenters. The first-order valence-corrected chi connectivity index (χ1v) is 18.6. The zero-order valence-corrected chi connectivity index (χ0v) is 30.0. The van der Waals surface area contributed by atoms with Gasteiger partial charge >= 0.3 is 0 Å². The summed E-state index contributed by atoms with van der Waals surface area (Å²) in [6, 6.07) is 73.9. The summed E-state index contributed by atoms with van der Waals surface area (Å²) in [5.74, 6) is 0. The van der Waals surface area contributed by atoms with Gasteiger partial charge in [0.25, 0.3) is 0 Å². The lowest BCUT2D eigenvalue weighted by molar-refractivity contribution is 0.660. The second kappa shape index (κ2) is 12.1. The van der Waals surface area contributed by atoms with Crippen molar-refractivity contribution in [3.8, 4) is 33.4 Å². The molecule has 1 heteroatoms. The monoisotopic (exact) mass is 677 g/mol. The molecule has 0 fully saturated rings. The summed E-state index contributed by atoms with van der Waals surface area (Å²) in [6.07, 6.45) is 0. The van der Waals surface area contributed by atoms with Gasteiger partial charge in [0.05, 0.1) is 11.1 Å². The molecule has 0 aliphatic heterocycles. The summed E-state index contributed by atoms with van der Waals surface area (Å²) < 4.78 is 0. The standard InChI is InChI=1S/C52H39N/c1-51(2)45-26-12-11-25-44(45)50-48(51)29-16-30-49(50)53(40-33-31-37(32-34-40)36-17-5-3-6-18-36)41-22-15-21-39(35-41)52(38-19-7-4-8-20-38)46-27-13-9-23-42(46)43-24-10-14-28-47(43)52/h3-35H,1-2H3. The molecule has 10 rings (SSSR count). The predicted octanol–water partition coefficient (Wildman–Crippen LogP) is 13.5. The van der Waals surface area contributed by atoms with Gasteiger partial charge in [-0.2, -0.15) is 0 Å². The van der Waals surface area contributed by atoms with Crippen molar-refractivity contribution in [2.45, 2.75) is 24.7 Å². The molecule has 1 nitrogen and oxygen atoms in total. The number of hydrogen-bond acceptors (Lipinski definition) is 1. The molecule has 0 amide bonds. The van der Waals surface area contributed by atoms with Crippen LogP contribution in [-0.2, 0) is 10.8 Å². The lowest BCUT2D eigenvalue weighted by Gasteiger charge is -2.35. The molecule has 0 saturated heterocycles. The summed E-state index contributed by atoms with van der Waals surface area (Å²) in [7, 11) is 0. The normalized spacial score (nSPS) is 14.2. The van der Waals surface area contributed by atoms with Crippen molar-refractivity contribution in [3.63, 3.8) is 0 Å². The van der Waals surface area contributed by atoms with Gasteiger partial charge < -0.3 is 4.90 Å². The minimum Gasteiger partial charge on any atom is -0.310 e. The van der Waals surface area contributed by atoms with E-state index in [2.05, 4.69) is 219 Å². The highest BCUT2D eigenvalue weighted by Crippen LogP contribution is 2.58. The van der Waals surface area contributed by atoms with Gasteiger partial charge in [0, 0.05) is 22.4 Å². The molecule has 0 saturated carbocycles. The van der Waals surface area contributed by atoms with Crippen LogP contribution in [0.15, 0.2) is 200 Å². The SMILES string of the molecule is CC1(C)c2ccccc2-c2c(N(c3ccc(-c4ccccc4)cc3)c3cccc(C4(c5ccccc5)c5ccccc5-c5ccccc54)c3)cccc21. The Balaban J connectivity index is 1.24. The van der Waals surface area contributed by atoms with E-state index < -0.39 is 5.41 Å². The third-order valence-electron chi connectivity index (χ3n) is 11.8. The Morgan fingerprint density at radius 3 is 1.55 bits per heavy atom. The molecule has 2 aliphatic carbocycles. The molecule has 0 bridgehead atoms. The fraction of sp³-hybridized carbons (Fsp3) is 0.0769. The highest BCUT2D eigenvalue weighted by atomic mass is 15.1. The van der Waals surface area contributed by atoms with Gasteiger partial charge in [-0.05, 0) is 91.5 Å². The Bertz CT molecular complexity index is 2590. The zero-order valence-electron chi connectivity index (χ0n) is 30.0. The van der Waals surface area contributed by atoms with Gasteiger partial charge in [-0.3, -0.25) is 0 Å². The molecule has 252 valence electrons. The zero-order chi connectivity index (χ0) is 35.6. The molecule has 0 spiro atoms. The minimum atomic E-state index is -0.486. The van der Waals surface area contributed by atoms with E-state index >= 15 is 0 Å². The summed E-state index contributed by atoms with van der Waals surface area (Å²) in [5.41, 5.74) is 18.4. The van der Waals surface area contributed by atoms with E-state index in [0.29, 0.717) is 0 Å². The smallest absolute Gasteiger partial charge is 0.0714 e. The van der Waals surface area contributed by atoms with E-state index in [1.165, 1.54) is 72.4 Å². The average Bonchev–Trinajstić information content (AvgIpc) is 3.66. The molecule has 2 aliphatic rings. The molecule has 0 aromatic heterocycles. The van der Waals surface area contributed by atoms with Crippen LogP contribution >= 0.6 is 0 Å². The topological polar surface area (TPSA) is 3.24 Å².